The largest absolute Gasteiger partial charge is 0.493 e. The number of carbonyl (C=O) groups is 1. The number of benzene rings is 1. The van der Waals surface area contributed by atoms with Gasteiger partial charge >= 0.3 is 0 Å². The molecule has 1 aromatic carbocycles. The van der Waals surface area contributed by atoms with Gasteiger partial charge in [-0.2, -0.15) is 0 Å². The quantitative estimate of drug-likeness (QED) is 0.798. The minimum absolute atomic E-state index is 0.0105. The van der Waals surface area contributed by atoms with E-state index in [0.717, 1.165) is 12.8 Å². The SMILES string of the molecule is COc1cc(C(=O)N2CCC(C)(CN)C2)cc(Cl)c1OCCC(C)C. The van der Waals surface area contributed by atoms with Crippen LogP contribution in [0.1, 0.15) is 44.0 Å². The van der Waals surface area contributed by atoms with Crippen LogP contribution in [0.5, 0.6) is 11.5 Å². The van der Waals surface area contributed by atoms with Gasteiger partial charge in [-0.05, 0) is 42.9 Å². The highest BCUT2D eigenvalue weighted by Crippen LogP contribution is 2.38. The lowest BCUT2D eigenvalue weighted by molar-refractivity contribution is 0.0776. The van der Waals surface area contributed by atoms with Crippen molar-refractivity contribution in [3.8, 4) is 11.5 Å². The first-order valence-electron chi connectivity index (χ1n) is 8.79. The van der Waals surface area contributed by atoms with Crippen molar-refractivity contribution in [2.75, 3.05) is 33.4 Å². The molecule has 1 fully saturated rings. The third-order valence-electron chi connectivity index (χ3n) is 4.76. The summed E-state index contributed by atoms with van der Waals surface area (Å²) in [4.78, 5) is 14.6. The molecule has 0 aliphatic carbocycles. The van der Waals surface area contributed by atoms with Gasteiger partial charge in [-0.25, -0.2) is 0 Å². The Balaban J connectivity index is 2.17. The van der Waals surface area contributed by atoms with Crippen molar-refractivity contribution >= 4 is 17.5 Å². The van der Waals surface area contributed by atoms with Crippen LogP contribution in [0, 0.1) is 11.3 Å². The maximum Gasteiger partial charge on any atom is 0.254 e. The molecule has 140 valence electrons. The van der Waals surface area contributed by atoms with Crippen LogP contribution in [0.15, 0.2) is 12.1 Å². The Morgan fingerprint density at radius 1 is 1.44 bits per heavy atom. The highest BCUT2D eigenvalue weighted by Gasteiger charge is 2.35. The Morgan fingerprint density at radius 3 is 2.72 bits per heavy atom. The lowest BCUT2D eigenvalue weighted by Crippen LogP contribution is -2.34. The van der Waals surface area contributed by atoms with Crippen LogP contribution in [0.2, 0.25) is 5.02 Å². The molecule has 1 aliphatic heterocycles. The summed E-state index contributed by atoms with van der Waals surface area (Å²) >= 11 is 6.37. The maximum atomic E-state index is 12.8. The van der Waals surface area contributed by atoms with E-state index in [9.17, 15) is 4.79 Å². The lowest BCUT2D eigenvalue weighted by atomic mass is 9.90. The number of hydrogen-bond acceptors (Lipinski definition) is 4. The molecule has 0 bridgehead atoms. The van der Waals surface area contributed by atoms with Gasteiger partial charge < -0.3 is 20.1 Å². The molecule has 0 radical (unpaired) electrons. The van der Waals surface area contributed by atoms with E-state index in [4.69, 9.17) is 26.8 Å². The molecule has 1 unspecified atom stereocenters. The first kappa shape index (κ1) is 19.9. The van der Waals surface area contributed by atoms with Crippen molar-refractivity contribution in [1.82, 2.24) is 4.90 Å². The van der Waals surface area contributed by atoms with Gasteiger partial charge in [0.25, 0.3) is 5.91 Å². The molecule has 0 saturated carbocycles. The van der Waals surface area contributed by atoms with Gasteiger partial charge in [0.2, 0.25) is 0 Å². The molecule has 2 rings (SSSR count). The lowest BCUT2D eigenvalue weighted by Gasteiger charge is -2.23. The molecule has 0 spiro atoms. The third-order valence-corrected chi connectivity index (χ3v) is 5.04. The normalized spacial score (nSPS) is 20.2. The van der Waals surface area contributed by atoms with E-state index in [1.807, 2.05) is 4.90 Å². The molecular weight excluding hydrogens is 340 g/mol. The molecule has 1 amide bonds. The van der Waals surface area contributed by atoms with Crippen molar-refractivity contribution in [2.24, 2.45) is 17.1 Å². The maximum absolute atomic E-state index is 12.8. The van der Waals surface area contributed by atoms with Gasteiger partial charge in [0, 0.05) is 18.7 Å². The minimum Gasteiger partial charge on any atom is -0.493 e. The van der Waals surface area contributed by atoms with Crippen LogP contribution < -0.4 is 15.2 Å². The molecule has 25 heavy (non-hydrogen) atoms. The first-order chi connectivity index (χ1) is 11.8. The number of amides is 1. The number of halogens is 1. The van der Waals surface area contributed by atoms with Gasteiger partial charge in [0.05, 0.1) is 18.7 Å². The van der Waals surface area contributed by atoms with Crippen LogP contribution in [-0.4, -0.2) is 44.2 Å². The van der Waals surface area contributed by atoms with E-state index in [-0.39, 0.29) is 11.3 Å². The Labute approximate surface area is 155 Å². The molecule has 1 atom stereocenters. The highest BCUT2D eigenvalue weighted by atomic mass is 35.5. The molecule has 5 nitrogen and oxygen atoms in total. The number of ether oxygens (including phenoxy) is 2. The molecule has 1 heterocycles. The number of methoxy groups -OCH3 is 1. The van der Waals surface area contributed by atoms with Crippen molar-refractivity contribution < 1.29 is 14.3 Å². The monoisotopic (exact) mass is 368 g/mol. The Hall–Kier alpha value is -1.46. The number of hydrogen-bond donors (Lipinski definition) is 1. The van der Waals surface area contributed by atoms with Crippen LogP contribution in [0.4, 0.5) is 0 Å². The van der Waals surface area contributed by atoms with Crippen molar-refractivity contribution in [3.05, 3.63) is 22.7 Å². The zero-order chi connectivity index (χ0) is 18.6. The number of rotatable bonds is 7. The van der Waals surface area contributed by atoms with Crippen molar-refractivity contribution in [3.63, 3.8) is 0 Å². The van der Waals surface area contributed by atoms with E-state index in [0.29, 0.717) is 54.2 Å². The molecule has 6 heteroatoms. The second-order valence-corrected chi connectivity index (χ2v) is 7.92. The zero-order valence-electron chi connectivity index (χ0n) is 15.6. The fraction of sp³-hybridized carbons (Fsp3) is 0.632. The summed E-state index contributed by atoms with van der Waals surface area (Å²) in [5.41, 5.74) is 6.33. The van der Waals surface area contributed by atoms with Crippen LogP contribution >= 0.6 is 11.6 Å². The van der Waals surface area contributed by atoms with Crippen LogP contribution in [0.3, 0.4) is 0 Å². The van der Waals surface area contributed by atoms with E-state index >= 15 is 0 Å². The fourth-order valence-electron chi connectivity index (χ4n) is 2.93. The van der Waals surface area contributed by atoms with E-state index in [1.54, 1.807) is 19.2 Å². The summed E-state index contributed by atoms with van der Waals surface area (Å²) in [5.74, 6) is 1.47. The first-order valence-corrected chi connectivity index (χ1v) is 9.17. The number of nitrogens with zero attached hydrogens (tertiary/aromatic N) is 1. The van der Waals surface area contributed by atoms with E-state index < -0.39 is 0 Å². The fourth-order valence-corrected chi connectivity index (χ4v) is 3.19. The predicted molar refractivity (Wildman–Crippen MR) is 101 cm³/mol. The number of carbonyl (C=O) groups excluding carboxylic acids is 1. The van der Waals surface area contributed by atoms with Gasteiger partial charge in [-0.1, -0.05) is 32.4 Å². The summed E-state index contributed by atoms with van der Waals surface area (Å²) in [5, 5.41) is 0.396. The van der Waals surface area contributed by atoms with Gasteiger partial charge in [0.15, 0.2) is 11.5 Å². The third kappa shape index (κ3) is 4.79. The average molecular weight is 369 g/mol. The summed E-state index contributed by atoms with van der Waals surface area (Å²) < 4.78 is 11.2. The zero-order valence-corrected chi connectivity index (χ0v) is 16.4. The molecule has 0 aromatic heterocycles. The molecule has 1 aromatic rings. The van der Waals surface area contributed by atoms with Crippen LogP contribution in [-0.2, 0) is 0 Å². The average Bonchev–Trinajstić information content (AvgIpc) is 2.98. The Morgan fingerprint density at radius 2 is 2.16 bits per heavy atom. The van der Waals surface area contributed by atoms with Gasteiger partial charge in [0.1, 0.15) is 0 Å². The van der Waals surface area contributed by atoms with Crippen molar-refractivity contribution in [2.45, 2.75) is 33.6 Å². The Bertz CT molecular complexity index is 621. The standard InChI is InChI=1S/C19H29ClN2O3/c1-13(2)5-8-25-17-15(20)9-14(10-16(17)24-4)18(23)22-7-6-19(3,11-21)12-22/h9-10,13H,5-8,11-12,21H2,1-4H3. The van der Waals surface area contributed by atoms with Crippen LogP contribution in [0.25, 0.3) is 0 Å². The summed E-state index contributed by atoms with van der Waals surface area (Å²) in [6.07, 6.45) is 1.84. The highest BCUT2D eigenvalue weighted by molar-refractivity contribution is 6.32. The topological polar surface area (TPSA) is 64.8 Å². The summed E-state index contributed by atoms with van der Waals surface area (Å²) in [7, 11) is 1.55. The van der Waals surface area contributed by atoms with Crippen molar-refractivity contribution in [1.29, 1.82) is 0 Å². The number of likely N-dealkylation sites (tertiary alicyclic amines) is 1. The summed E-state index contributed by atoms with van der Waals surface area (Å²) in [6, 6.07) is 3.37. The van der Waals surface area contributed by atoms with E-state index in [1.165, 1.54) is 0 Å². The summed E-state index contributed by atoms with van der Waals surface area (Å²) in [6.45, 7) is 8.88. The second kappa shape index (κ2) is 8.28. The van der Waals surface area contributed by atoms with Gasteiger partial charge in [-0.15, -0.1) is 0 Å². The smallest absolute Gasteiger partial charge is 0.254 e. The van der Waals surface area contributed by atoms with Gasteiger partial charge in [-0.3, -0.25) is 4.79 Å². The molecular formula is C19H29ClN2O3. The second-order valence-electron chi connectivity index (χ2n) is 7.51. The Kier molecular flexibility index (Phi) is 6.58. The van der Waals surface area contributed by atoms with E-state index in [2.05, 4.69) is 20.8 Å². The number of nitrogens with two attached hydrogens (primary N) is 1. The molecule has 2 N–H and O–H groups in total. The molecule has 1 saturated heterocycles. The molecule has 1 aliphatic rings. The predicted octanol–water partition coefficient (Wildman–Crippen LogP) is 3.58. The minimum atomic E-state index is -0.0499.